The summed E-state index contributed by atoms with van der Waals surface area (Å²) in [6, 6.07) is 0. The molecule has 0 spiro atoms. The van der Waals surface area contributed by atoms with Gasteiger partial charge in [-0.3, -0.25) is 4.55 Å². The minimum absolute atomic E-state index is 0. The third-order valence-electron chi connectivity index (χ3n) is 1.60. The zero-order chi connectivity index (χ0) is 10.9. The zero-order valence-electron chi connectivity index (χ0n) is 8.44. The Morgan fingerprint density at radius 1 is 1.07 bits per heavy atom. The Kier molecular flexibility index (Phi) is 13.0. The minimum atomic E-state index is -4.31. The van der Waals surface area contributed by atoms with Gasteiger partial charge in [0, 0.05) is 6.61 Å². The van der Waals surface area contributed by atoms with Crippen LogP contribution in [0.25, 0.3) is 0 Å². The van der Waals surface area contributed by atoms with E-state index < -0.39 is 10.4 Å². The van der Waals surface area contributed by atoms with E-state index in [9.17, 15) is 8.42 Å². The molecule has 5 nitrogen and oxygen atoms in total. The fraction of sp³-hybridized carbons (Fsp3) is 1.00. The van der Waals surface area contributed by atoms with Gasteiger partial charge in [-0.1, -0.05) is 26.2 Å². The van der Waals surface area contributed by atoms with Gasteiger partial charge in [-0.15, -0.1) is 0 Å². The van der Waals surface area contributed by atoms with Gasteiger partial charge in [0.05, 0.1) is 13.2 Å². The fourth-order valence-electron chi connectivity index (χ4n) is 0.931. The summed E-state index contributed by atoms with van der Waals surface area (Å²) in [7, 11) is -4.31. The van der Waals surface area contributed by atoms with E-state index in [1.54, 1.807) is 0 Å². The summed E-state index contributed by atoms with van der Waals surface area (Å²) in [6.07, 6.45) is 4.45. The molecule has 88 valence electrons. The van der Waals surface area contributed by atoms with Gasteiger partial charge < -0.3 is 4.74 Å². The van der Waals surface area contributed by atoms with Crippen LogP contribution in [0.5, 0.6) is 0 Å². The third kappa shape index (κ3) is 17.1. The molecule has 0 saturated heterocycles. The number of hydrogen-bond acceptors (Lipinski definition) is 4. The zero-order valence-corrected chi connectivity index (χ0v) is 9.25. The van der Waals surface area contributed by atoms with Crippen LogP contribution in [-0.4, -0.2) is 51.7 Å². The average molecular weight is 234 g/mol. The standard InChI is InChI=1S/C8H18O5S.Li.H/c1-2-3-4-5-6-12-7-8-13-14(9,10)11;;/h2-8H2,1H3,(H,9,10,11);;. The molecular formula is C8H19LiO5S. The van der Waals surface area contributed by atoms with Crippen molar-refractivity contribution in [2.75, 3.05) is 19.8 Å². The summed E-state index contributed by atoms with van der Waals surface area (Å²) in [5, 5.41) is 0. The molecular weight excluding hydrogens is 215 g/mol. The summed E-state index contributed by atoms with van der Waals surface area (Å²) >= 11 is 0. The molecule has 0 aliphatic rings. The Bertz CT molecular complexity index is 217. The van der Waals surface area contributed by atoms with E-state index in [0.29, 0.717) is 6.61 Å². The molecule has 0 unspecified atom stereocenters. The van der Waals surface area contributed by atoms with Crippen molar-refractivity contribution in [3.05, 3.63) is 0 Å². The summed E-state index contributed by atoms with van der Waals surface area (Å²) in [5.41, 5.74) is 0. The number of ether oxygens (including phenoxy) is 1. The molecule has 15 heavy (non-hydrogen) atoms. The second-order valence-electron chi connectivity index (χ2n) is 2.92. The molecule has 0 amide bonds. The molecule has 0 atom stereocenters. The normalized spacial score (nSPS) is 11.1. The fourth-order valence-corrected chi connectivity index (χ4v) is 1.21. The Labute approximate surface area is 104 Å². The second-order valence-corrected chi connectivity index (χ2v) is 4.01. The molecule has 0 heterocycles. The summed E-state index contributed by atoms with van der Waals surface area (Å²) in [6.45, 7) is 2.79. The molecule has 0 aromatic carbocycles. The molecule has 0 aliphatic carbocycles. The first kappa shape index (κ1) is 17.8. The van der Waals surface area contributed by atoms with Crippen molar-refractivity contribution in [3.8, 4) is 0 Å². The molecule has 0 fully saturated rings. The quantitative estimate of drug-likeness (QED) is 0.362. The van der Waals surface area contributed by atoms with Crippen LogP contribution in [0.1, 0.15) is 32.6 Å². The monoisotopic (exact) mass is 234 g/mol. The van der Waals surface area contributed by atoms with Crippen LogP contribution in [0.2, 0.25) is 0 Å². The first-order chi connectivity index (χ1) is 6.56. The van der Waals surface area contributed by atoms with Crippen LogP contribution < -0.4 is 0 Å². The van der Waals surface area contributed by atoms with Crippen molar-refractivity contribution < 1.29 is 21.9 Å². The van der Waals surface area contributed by atoms with Crippen molar-refractivity contribution in [3.63, 3.8) is 0 Å². The van der Waals surface area contributed by atoms with Crippen LogP contribution in [0.15, 0.2) is 0 Å². The Balaban J connectivity index is 0. The van der Waals surface area contributed by atoms with Crippen molar-refractivity contribution in [1.29, 1.82) is 0 Å². The predicted octanol–water partition coefficient (Wildman–Crippen LogP) is 0.754. The van der Waals surface area contributed by atoms with E-state index in [4.69, 9.17) is 9.29 Å². The van der Waals surface area contributed by atoms with E-state index >= 15 is 0 Å². The van der Waals surface area contributed by atoms with Gasteiger partial charge >= 0.3 is 29.3 Å². The van der Waals surface area contributed by atoms with Crippen LogP contribution in [0, 0.1) is 0 Å². The first-order valence-electron chi connectivity index (χ1n) is 4.76. The molecule has 0 bridgehead atoms. The molecule has 0 aromatic heterocycles. The summed E-state index contributed by atoms with van der Waals surface area (Å²) in [5.74, 6) is 0. The Morgan fingerprint density at radius 3 is 2.27 bits per heavy atom. The Morgan fingerprint density at radius 2 is 1.73 bits per heavy atom. The van der Waals surface area contributed by atoms with Gasteiger partial charge in [0.25, 0.3) is 0 Å². The number of hydrogen-bond donors (Lipinski definition) is 1. The van der Waals surface area contributed by atoms with Crippen molar-refractivity contribution in [2.45, 2.75) is 32.6 Å². The molecule has 0 aromatic rings. The molecule has 7 heteroatoms. The van der Waals surface area contributed by atoms with Crippen molar-refractivity contribution in [1.82, 2.24) is 0 Å². The average Bonchev–Trinajstić information content (AvgIpc) is 2.08. The van der Waals surface area contributed by atoms with Crippen LogP contribution in [0.4, 0.5) is 0 Å². The van der Waals surface area contributed by atoms with Crippen LogP contribution in [-0.2, 0) is 19.3 Å². The van der Waals surface area contributed by atoms with Crippen molar-refractivity contribution in [2.24, 2.45) is 0 Å². The van der Waals surface area contributed by atoms with Gasteiger partial charge in [0.15, 0.2) is 0 Å². The molecule has 0 saturated carbocycles. The topological polar surface area (TPSA) is 72.8 Å². The summed E-state index contributed by atoms with van der Waals surface area (Å²) < 4.78 is 37.5. The predicted molar refractivity (Wildman–Crippen MR) is 59.6 cm³/mol. The maximum absolute atomic E-state index is 10.1. The van der Waals surface area contributed by atoms with Gasteiger partial charge in [0.1, 0.15) is 0 Å². The Hall–Kier alpha value is 0.427. The van der Waals surface area contributed by atoms with E-state index in [1.807, 2.05) is 0 Å². The first-order valence-corrected chi connectivity index (χ1v) is 6.12. The molecule has 0 radical (unpaired) electrons. The van der Waals surface area contributed by atoms with E-state index in [0.717, 1.165) is 12.8 Å². The molecule has 0 rings (SSSR count). The maximum atomic E-state index is 10.1. The molecule has 1 N–H and O–H groups in total. The van der Waals surface area contributed by atoms with Crippen molar-refractivity contribution >= 4 is 29.3 Å². The number of rotatable bonds is 9. The second kappa shape index (κ2) is 10.9. The van der Waals surface area contributed by atoms with Gasteiger partial charge in [-0.25, -0.2) is 4.18 Å². The molecule has 0 aliphatic heterocycles. The van der Waals surface area contributed by atoms with Crippen LogP contribution >= 0.6 is 0 Å². The van der Waals surface area contributed by atoms with Gasteiger partial charge in [-0.05, 0) is 6.42 Å². The van der Waals surface area contributed by atoms with Crippen LogP contribution in [0.3, 0.4) is 0 Å². The van der Waals surface area contributed by atoms with E-state index in [1.165, 1.54) is 12.8 Å². The van der Waals surface area contributed by atoms with E-state index in [-0.39, 0.29) is 32.1 Å². The van der Waals surface area contributed by atoms with Gasteiger partial charge in [0.2, 0.25) is 0 Å². The third-order valence-corrected chi connectivity index (χ3v) is 2.07. The number of unbranched alkanes of at least 4 members (excludes halogenated alkanes) is 3. The SMILES string of the molecule is CCCCCCOCCOS(=O)(=O)O.[LiH]. The van der Waals surface area contributed by atoms with Gasteiger partial charge in [-0.2, -0.15) is 8.42 Å². The van der Waals surface area contributed by atoms with E-state index in [2.05, 4.69) is 11.1 Å². The summed E-state index contributed by atoms with van der Waals surface area (Å²) in [4.78, 5) is 0.